The zero-order chi connectivity index (χ0) is 10.6. The molecule has 0 spiro atoms. The van der Waals surface area contributed by atoms with Gasteiger partial charge in [0.05, 0.1) is 0 Å². The van der Waals surface area contributed by atoms with Crippen molar-refractivity contribution in [3.8, 4) is 0 Å². The first kappa shape index (κ1) is 13.9. The smallest absolute Gasteiger partial charge is 0.0474 e. The fourth-order valence-corrected chi connectivity index (χ4v) is 1.37. The highest BCUT2D eigenvalue weighted by Gasteiger charge is 1.96. The first-order chi connectivity index (χ1) is 6.81. The molecule has 0 aliphatic heterocycles. The molecule has 3 nitrogen and oxygen atoms in total. The number of rotatable bonds is 10. The Kier molecular flexibility index (Phi) is 10.9. The predicted octanol–water partition coefficient (Wildman–Crippen LogP) is 1.34. The second-order valence-electron chi connectivity index (χ2n) is 3.75. The van der Waals surface area contributed by atoms with Gasteiger partial charge in [-0.3, -0.25) is 0 Å². The van der Waals surface area contributed by atoms with E-state index in [9.17, 15) is 0 Å². The first-order valence-corrected chi connectivity index (χ1v) is 5.69. The molecule has 0 aromatic carbocycles. The Morgan fingerprint density at radius 2 is 1.86 bits per heavy atom. The normalized spacial score (nSPS) is 11.1. The summed E-state index contributed by atoms with van der Waals surface area (Å²) < 4.78 is 5.01. The number of hydrogen-bond donors (Lipinski definition) is 1. The molecule has 0 radical (unpaired) electrons. The van der Waals surface area contributed by atoms with E-state index in [0.717, 1.165) is 32.7 Å². The lowest BCUT2D eigenvalue weighted by atomic mass is 10.3. The van der Waals surface area contributed by atoms with Crippen LogP contribution in [0.4, 0.5) is 0 Å². The Morgan fingerprint density at radius 3 is 2.50 bits per heavy atom. The van der Waals surface area contributed by atoms with Crippen LogP contribution in [-0.2, 0) is 4.74 Å². The Balaban J connectivity index is 3.06. The fraction of sp³-hybridized carbons (Fsp3) is 1.00. The Morgan fingerprint density at radius 1 is 1.14 bits per heavy atom. The van der Waals surface area contributed by atoms with E-state index in [1.807, 2.05) is 0 Å². The van der Waals surface area contributed by atoms with Gasteiger partial charge in [0.1, 0.15) is 0 Å². The summed E-state index contributed by atoms with van der Waals surface area (Å²) in [7, 11) is 3.93. The molecule has 0 saturated heterocycles. The Bertz CT molecular complexity index is 109. The molecule has 0 saturated carbocycles. The van der Waals surface area contributed by atoms with Crippen molar-refractivity contribution in [3.05, 3.63) is 0 Å². The molecular weight excluding hydrogens is 176 g/mol. The first-order valence-electron chi connectivity index (χ1n) is 5.69. The molecule has 1 N–H and O–H groups in total. The van der Waals surface area contributed by atoms with Gasteiger partial charge in [-0.15, -0.1) is 0 Å². The van der Waals surface area contributed by atoms with E-state index in [-0.39, 0.29) is 0 Å². The predicted molar refractivity (Wildman–Crippen MR) is 61.8 cm³/mol. The third-order valence-corrected chi connectivity index (χ3v) is 2.21. The summed E-state index contributed by atoms with van der Waals surface area (Å²) in [4.78, 5) is 2.37. The minimum absolute atomic E-state index is 0.873. The van der Waals surface area contributed by atoms with Crippen LogP contribution in [0.1, 0.15) is 26.2 Å². The van der Waals surface area contributed by atoms with Gasteiger partial charge in [-0.1, -0.05) is 6.92 Å². The lowest BCUT2D eigenvalue weighted by Crippen LogP contribution is -2.25. The van der Waals surface area contributed by atoms with Gasteiger partial charge in [-0.2, -0.15) is 0 Å². The van der Waals surface area contributed by atoms with Crippen molar-refractivity contribution in [2.75, 3.05) is 46.9 Å². The van der Waals surface area contributed by atoms with Gasteiger partial charge in [0, 0.05) is 20.3 Å². The van der Waals surface area contributed by atoms with Crippen LogP contribution >= 0.6 is 0 Å². The summed E-state index contributed by atoms with van der Waals surface area (Å²) in [5.41, 5.74) is 0. The van der Waals surface area contributed by atoms with Gasteiger partial charge in [-0.05, 0) is 45.9 Å². The maximum absolute atomic E-state index is 5.01. The maximum atomic E-state index is 5.01. The van der Waals surface area contributed by atoms with Crippen LogP contribution in [0.25, 0.3) is 0 Å². The van der Waals surface area contributed by atoms with Gasteiger partial charge >= 0.3 is 0 Å². The van der Waals surface area contributed by atoms with Gasteiger partial charge in [0.15, 0.2) is 0 Å². The van der Waals surface area contributed by atoms with Crippen LogP contribution in [0, 0.1) is 0 Å². The van der Waals surface area contributed by atoms with Gasteiger partial charge < -0.3 is 15.0 Å². The maximum Gasteiger partial charge on any atom is 0.0474 e. The van der Waals surface area contributed by atoms with E-state index in [1.54, 1.807) is 7.11 Å². The molecule has 0 aliphatic carbocycles. The zero-order valence-corrected chi connectivity index (χ0v) is 10.0. The highest BCUT2D eigenvalue weighted by molar-refractivity contribution is 4.54. The molecule has 3 heteroatoms. The van der Waals surface area contributed by atoms with E-state index >= 15 is 0 Å². The van der Waals surface area contributed by atoms with Crippen molar-refractivity contribution in [3.63, 3.8) is 0 Å². The van der Waals surface area contributed by atoms with Crippen molar-refractivity contribution in [1.82, 2.24) is 10.2 Å². The number of hydrogen-bond acceptors (Lipinski definition) is 3. The highest BCUT2D eigenvalue weighted by Crippen LogP contribution is 1.90. The molecule has 0 unspecified atom stereocenters. The number of nitrogens with zero attached hydrogens (tertiary/aromatic N) is 1. The van der Waals surface area contributed by atoms with Crippen LogP contribution < -0.4 is 5.32 Å². The monoisotopic (exact) mass is 202 g/mol. The number of ether oxygens (including phenoxy) is 1. The van der Waals surface area contributed by atoms with E-state index in [1.165, 1.54) is 19.4 Å². The second kappa shape index (κ2) is 11.0. The van der Waals surface area contributed by atoms with Crippen LogP contribution in [0.2, 0.25) is 0 Å². The van der Waals surface area contributed by atoms with Crippen molar-refractivity contribution >= 4 is 0 Å². The molecule has 0 bridgehead atoms. The Hall–Kier alpha value is -0.120. The van der Waals surface area contributed by atoms with Crippen molar-refractivity contribution in [2.45, 2.75) is 26.2 Å². The third kappa shape index (κ3) is 9.96. The number of nitrogens with one attached hydrogen (secondary N) is 1. The second-order valence-corrected chi connectivity index (χ2v) is 3.75. The van der Waals surface area contributed by atoms with Gasteiger partial charge in [-0.25, -0.2) is 0 Å². The van der Waals surface area contributed by atoms with Gasteiger partial charge in [0.25, 0.3) is 0 Å². The van der Waals surface area contributed by atoms with Gasteiger partial charge in [0.2, 0.25) is 0 Å². The van der Waals surface area contributed by atoms with Crippen molar-refractivity contribution < 1.29 is 4.74 Å². The van der Waals surface area contributed by atoms with Crippen LogP contribution in [0.5, 0.6) is 0 Å². The molecule has 0 atom stereocenters. The summed E-state index contributed by atoms with van der Waals surface area (Å²) in [6.45, 7) is 7.68. The van der Waals surface area contributed by atoms with Crippen molar-refractivity contribution in [2.24, 2.45) is 0 Å². The van der Waals surface area contributed by atoms with E-state index in [0.29, 0.717) is 0 Å². The zero-order valence-electron chi connectivity index (χ0n) is 10.0. The summed E-state index contributed by atoms with van der Waals surface area (Å²) in [5.74, 6) is 0. The fourth-order valence-electron chi connectivity index (χ4n) is 1.37. The number of methoxy groups -OCH3 is 1. The van der Waals surface area contributed by atoms with E-state index < -0.39 is 0 Å². The molecule has 0 aromatic heterocycles. The summed E-state index contributed by atoms with van der Waals surface area (Å²) in [6.07, 6.45) is 3.60. The average molecular weight is 202 g/mol. The van der Waals surface area contributed by atoms with Crippen LogP contribution in [0.15, 0.2) is 0 Å². The molecule has 0 heterocycles. The lowest BCUT2D eigenvalue weighted by Gasteiger charge is -2.16. The van der Waals surface area contributed by atoms with Crippen molar-refractivity contribution in [1.29, 1.82) is 0 Å². The minimum Gasteiger partial charge on any atom is -0.385 e. The largest absolute Gasteiger partial charge is 0.385 e. The molecule has 0 rings (SSSR count). The molecule has 0 aromatic rings. The lowest BCUT2D eigenvalue weighted by molar-refractivity contribution is 0.179. The third-order valence-electron chi connectivity index (χ3n) is 2.21. The molecule has 86 valence electrons. The summed E-state index contributed by atoms with van der Waals surface area (Å²) >= 11 is 0. The topological polar surface area (TPSA) is 24.5 Å². The quantitative estimate of drug-likeness (QED) is 0.541. The Labute approximate surface area is 88.8 Å². The summed E-state index contributed by atoms with van der Waals surface area (Å²) in [6, 6.07) is 0. The van der Waals surface area contributed by atoms with Crippen LogP contribution in [-0.4, -0.2) is 51.8 Å². The molecule has 0 aliphatic rings. The highest BCUT2D eigenvalue weighted by atomic mass is 16.5. The van der Waals surface area contributed by atoms with E-state index in [2.05, 4.69) is 24.2 Å². The average Bonchev–Trinajstić information content (AvgIpc) is 2.18. The SMILES string of the molecule is CCCNCCCN(C)CCCOC. The molecule has 14 heavy (non-hydrogen) atoms. The van der Waals surface area contributed by atoms with Crippen LogP contribution in [0.3, 0.4) is 0 Å². The minimum atomic E-state index is 0.873. The molecular formula is C11H26N2O. The van der Waals surface area contributed by atoms with E-state index in [4.69, 9.17) is 4.74 Å². The molecule has 0 fully saturated rings. The molecule has 0 amide bonds. The standard InChI is InChI=1S/C11H26N2O/c1-4-7-12-8-5-9-13(2)10-6-11-14-3/h12H,4-11H2,1-3H3. The summed E-state index contributed by atoms with van der Waals surface area (Å²) in [5, 5.41) is 3.41.